The molecule has 10 heteroatoms. The maximum absolute atomic E-state index is 13.3. The highest BCUT2D eigenvalue weighted by Gasteiger charge is 2.60. The van der Waals surface area contributed by atoms with Crippen LogP contribution in [0.25, 0.3) is 0 Å². The summed E-state index contributed by atoms with van der Waals surface area (Å²) in [6, 6.07) is 1.86. The number of hydrogen-bond donors (Lipinski definition) is 1. The summed E-state index contributed by atoms with van der Waals surface area (Å²) in [5, 5.41) is 13.8. The first-order chi connectivity index (χ1) is 10.0. The first-order valence-corrected chi connectivity index (χ1v) is 7.28. The summed E-state index contributed by atoms with van der Waals surface area (Å²) < 4.78 is 44.0. The van der Waals surface area contributed by atoms with Crippen molar-refractivity contribution < 1.29 is 13.2 Å². The van der Waals surface area contributed by atoms with E-state index in [1.54, 1.807) is 6.20 Å². The van der Waals surface area contributed by atoms with Crippen LogP contribution >= 0.6 is 11.5 Å². The number of hydrogen-bond acceptors (Lipinski definition) is 6. The van der Waals surface area contributed by atoms with E-state index in [0.29, 0.717) is 25.9 Å². The number of aromatic nitrogens is 5. The monoisotopic (exact) mass is 318 g/mol. The molecule has 1 saturated heterocycles. The first-order valence-electron chi connectivity index (χ1n) is 6.51. The van der Waals surface area contributed by atoms with Crippen molar-refractivity contribution >= 4 is 11.5 Å². The molecule has 1 atom stereocenters. The number of halogens is 3. The van der Waals surface area contributed by atoms with Gasteiger partial charge in [0.25, 0.3) is 0 Å². The van der Waals surface area contributed by atoms with Crippen LogP contribution in [0.5, 0.6) is 0 Å². The van der Waals surface area contributed by atoms with E-state index in [9.17, 15) is 13.2 Å². The summed E-state index contributed by atoms with van der Waals surface area (Å²) in [5.74, 6) is -0.295. The number of tetrazole rings is 1. The van der Waals surface area contributed by atoms with Gasteiger partial charge >= 0.3 is 6.18 Å². The molecule has 6 nitrogen and oxygen atoms in total. The summed E-state index contributed by atoms with van der Waals surface area (Å²) in [7, 11) is 0. The Balaban J connectivity index is 1.77. The van der Waals surface area contributed by atoms with E-state index in [1.807, 2.05) is 6.07 Å². The van der Waals surface area contributed by atoms with Gasteiger partial charge in [0.2, 0.25) is 5.82 Å². The summed E-state index contributed by atoms with van der Waals surface area (Å²) in [5.41, 5.74) is -2.16. The van der Waals surface area contributed by atoms with Crippen LogP contribution < -0.4 is 5.32 Å². The molecule has 1 unspecified atom stereocenters. The fourth-order valence-corrected chi connectivity index (χ4v) is 2.95. The summed E-state index contributed by atoms with van der Waals surface area (Å²) >= 11 is 1.35. The molecule has 1 N–H and O–H groups in total. The Labute approximate surface area is 122 Å². The highest BCUT2D eigenvalue weighted by Crippen LogP contribution is 2.43. The van der Waals surface area contributed by atoms with Crippen LogP contribution in [0, 0.1) is 0 Å². The van der Waals surface area contributed by atoms with Crippen molar-refractivity contribution in [1.82, 2.24) is 29.9 Å². The SMILES string of the molecule is FC(F)(F)C1(c2nnn(CCc3ccns3)n2)CCCN1. The van der Waals surface area contributed by atoms with E-state index in [2.05, 4.69) is 25.1 Å². The molecule has 2 aromatic heterocycles. The van der Waals surface area contributed by atoms with Crippen molar-refractivity contribution in [2.75, 3.05) is 6.54 Å². The quantitative estimate of drug-likeness (QED) is 0.925. The van der Waals surface area contributed by atoms with Gasteiger partial charge in [0.1, 0.15) is 0 Å². The Morgan fingerprint density at radius 3 is 2.90 bits per heavy atom. The lowest BCUT2D eigenvalue weighted by Crippen LogP contribution is -2.50. The smallest absolute Gasteiger partial charge is 0.297 e. The van der Waals surface area contributed by atoms with Crippen LogP contribution in [0.4, 0.5) is 13.2 Å². The van der Waals surface area contributed by atoms with Gasteiger partial charge in [-0.1, -0.05) is 0 Å². The average Bonchev–Trinajstić information content (AvgIpc) is 3.17. The van der Waals surface area contributed by atoms with Crippen LogP contribution in [-0.2, 0) is 18.5 Å². The van der Waals surface area contributed by atoms with Crippen LogP contribution in [0.1, 0.15) is 23.5 Å². The standard InChI is InChI=1S/C11H13F3N6S/c12-11(13,14)10(4-1-5-15-10)9-17-19-20(18-9)7-3-8-2-6-16-21-8/h2,6,15H,1,3-5,7H2. The van der Waals surface area contributed by atoms with Gasteiger partial charge in [0.05, 0.1) is 6.54 Å². The van der Waals surface area contributed by atoms with Gasteiger partial charge in [-0.15, -0.1) is 10.2 Å². The summed E-state index contributed by atoms with van der Waals surface area (Å²) in [4.78, 5) is 2.24. The van der Waals surface area contributed by atoms with Gasteiger partial charge < -0.3 is 0 Å². The van der Waals surface area contributed by atoms with Crippen molar-refractivity contribution in [3.8, 4) is 0 Å². The lowest BCUT2D eigenvalue weighted by molar-refractivity contribution is -0.198. The Morgan fingerprint density at radius 1 is 1.43 bits per heavy atom. The largest absolute Gasteiger partial charge is 0.414 e. The Kier molecular flexibility index (Phi) is 3.66. The maximum atomic E-state index is 13.3. The Morgan fingerprint density at radius 2 is 2.29 bits per heavy atom. The third kappa shape index (κ3) is 2.64. The van der Waals surface area contributed by atoms with Crippen molar-refractivity contribution in [2.45, 2.75) is 37.5 Å². The fraction of sp³-hybridized carbons (Fsp3) is 0.636. The Bertz CT molecular complexity index is 587. The second-order valence-electron chi connectivity index (χ2n) is 4.87. The molecule has 1 aliphatic heterocycles. The lowest BCUT2D eigenvalue weighted by Gasteiger charge is -2.28. The third-order valence-electron chi connectivity index (χ3n) is 3.52. The molecule has 0 aromatic carbocycles. The van der Waals surface area contributed by atoms with E-state index in [-0.39, 0.29) is 12.2 Å². The van der Waals surface area contributed by atoms with Gasteiger partial charge in [-0.3, -0.25) is 5.32 Å². The zero-order chi connectivity index (χ0) is 14.9. The predicted octanol–water partition coefficient (Wildman–Crippen LogP) is 1.51. The third-order valence-corrected chi connectivity index (χ3v) is 4.33. The van der Waals surface area contributed by atoms with Gasteiger partial charge in [-0.05, 0) is 42.2 Å². The number of alkyl halides is 3. The maximum Gasteiger partial charge on any atom is 0.414 e. The normalized spacial score (nSPS) is 22.8. The molecular formula is C11H13F3N6S. The number of aryl methyl sites for hydroxylation is 2. The molecule has 0 radical (unpaired) electrons. The van der Waals surface area contributed by atoms with Crippen LogP contribution in [-0.4, -0.2) is 37.3 Å². The molecule has 114 valence electrons. The average molecular weight is 318 g/mol. The number of nitrogens with zero attached hydrogens (tertiary/aromatic N) is 5. The second kappa shape index (κ2) is 5.34. The van der Waals surface area contributed by atoms with Crippen LogP contribution in [0.3, 0.4) is 0 Å². The molecule has 3 heterocycles. The topological polar surface area (TPSA) is 68.5 Å². The van der Waals surface area contributed by atoms with Crippen molar-refractivity contribution in [1.29, 1.82) is 0 Å². The highest BCUT2D eigenvalue weighted by molar-refractivity contribution is 7.05. The predicted molar refractivity (Wildman–Crippen MR) is 68.6 cm³/mol. The lowest BCUT2D eigenvalue weighted by atomic mass is 9.96. The van der Waals surface area contributed by atoms with Gasteiger partial charge in [-0.25, -0.2) is 4.37 Å². The van der Waals surface area contributed by atoms with Crippen molar-refractivity contribution in [2.24, 2.45) is 0 Å². The summed E-state index contributed by atoms with van der Waals surface area (Å²) in [6.45, 7) is 0.679. The van der Waals surface area contributed by atoms with Crippen LogP contribution in [0.15, 0.2) is 12.3 Å². The van der Waals surface area contributed by atoms with Gasteiger partial charge in [0, 0.05) is 17.5 Å². The molecule has 0 bridgehead atoms. The molecule has 0 spiro atoms. The molecule has 0 saturated carbocycles. The minimum Gasteiger partial charge on any atom is -0.297 e. The summed E-state index contributed by atoms with van der Waals surface area (Å²) in [6.07, 6.45) is -1.75. The van der Waals surface area contributed by atoms with E-state index >= 15 is 0 Å². The molecule has 2 aromatic rings. The molecule has 1 fully saturated rings. The molecule has 0 amide bonds. The zero-order valence-electron chi connectivity index (χ0n) is 11.0. The fourth-order valence-electron chi connectivity index (χ4n) is 2.39. The number of nitrogens with one attached hydrogen (secondary N) is 1. The first kappa shape index (κ1) is 14.4. The molecule has 1 aliphatic rings. The zero-order valence-corrected chi connectivity index (χ0v) is 11.8. The van der Waals surface area contributed by atoms with Gasteiger partial charge in [-0.2, -0.15) is 18.0 Å². The molecule has 3 rings (SSSR count). The van der Waals surface area contributed by atoms with Gasteiger partial charge in [0.15, 0.2) is 5.54 Å². The Hall–Kier alpha value is -1.55. The second-order valence-corrected chi connectivity index (χ2v) is 5.79. The molecule has 21 heavy (non-hydrogen) atoms. The van der Waals surface area contributed by atoms with Crippen LogP contribution in [0.2, 0.25) is 0 Å². The van der Waals surface area contributed by atoms with E-state index < -0.39 is 11.7 Å². The minimum absolute atomic E-state index is 0.0585. The molecule has 0 aliphatic carbocycles. The van der Waals surface area contributed by atoms with Crippen molar-refractivity contribution in [3.05, 3.63) is 23.0 Å². The van der Waals surface area contributed by atoms with E-state index in [1.165, 1.54) is 16.3 Å². The van der Waals surface area contributed by atoms with Crippen molar-refractivity contribution in [3.63, 3.8) is 0 Å². The van der Waals surface area contributed by atoms with E-state index in [0.717, 1.165) is 4.88 Å². The highest BCUT2D eigenvalue weighted by atomic mass is 32.1. The number of rotatable bonds is 4. The molecular weight excluding hydrogens is 305 g/mol. The minimum atomic E-state index is -4.44. The van der Waals surface area contributed by atoms with E-state index in [4.69, 9.17) is 0 Å².